The average molecular weight is 254 g/mol. The van der Waals surface area contributed by atoms with Gasteiger partial charge >= 0.3 is 0 Å². The molecule has 0 saturated heterocycles. The Balaban J connectivity index is 2.59. The quantitative estimate of drug-likeness (QED) is 0.812. The highest BCUT2D eigenvalue weighted by atomic mass is 19.1. The number of benzene rings is 1. The van der Waals surface area contributed by atoms with Crippen molar-refractivity contribution in [1.29, 1.82) is 0 Å². The van der Waals surface area contributed by atoms with Gasteiger partial charge in [-0.25, -0.2) is 4.39 Å². The van der Waals surface area contributed by atoms with Gasteiger partial charge in [-0.3, -0.25) is 9.59 Å². The lowest BCUT2D eigenvalue weighted by Gasteiger charge is -2.07. The van der Waals surface area contributed by atoms with E-state index in [1.54, 1.807) is 0 Å². The molecule has 0 bridgehead atoms. The predicted octanol–water partition coefficient (Wildman–Crippen LogP) is 0.700. The third-order valence-corrected chi connectivity index (χ3v) is 2.34. The van der Waals surface area contributed by atoms with Crippen LogP contribution in [0.5, 0.6) is 5.75 Å². The summed E-state index contributed by atoms with van der Waals surface area (Å²) in [6.07, 6.45) is 0.153. The van der Waals surface area contributed by atoms with Crippen molar-refractivity contribution < 1.29 is 18.7 Å². The number of amides is 2. The first-order chi connectivity index (χ1) is 8.58. The van der Waals surface area contributed by atoms with Crippen LogP contribution in [0.2, 0.25) is 0 Å². The average Bonchev–Trinajstić information content (AvgIpc) is 2.37. The van der Waals surface area contributed by atoms with E-state index in [1.165, 1.54) is 26.3 Å². The standard InChI is InChI=1S/C12H15FN2O3/c1-14-11(16)5-6-15-12(17)9-4-3-8(18-2)7-10(9)13/h3-4,7H,5-6H2,1-2H3,(H,14,16)(H,15,17). The number of hydrogen-bond donors (Lipinski definition) is 2. The Hall–Kier alpha value is -2.11. The number of carbonyl (C=O) groups is 2. The van der Waals surface area contributed by atoms with Crippen molar-refractivity contribution in [2.45, 2.75) is 6.42 Å². The van der Waals surface area contributed by atoms with Crippen molar-refractivity contribution in [2.75, 3.05) is 20.7 Å². The van der Waals surface area contributed by atoms with Crippen LogP contribution in [0.15, 0.2) is 18.2 Å². The molecule has 0 radical (unpaired) electrons. The van der Waals surface area contributed by atoms with Crippen molar-refractivity contribution >= 4 is 11.8 Å². The molecule has 5 nitrogen and oxygen atoms in total. The predicted molar refractivity (Wildman–Crippen MR) is 64.0 cm³/mol. The second kappa shape index (κ2) is 6.58. The smallest absolute Gasteiger partial charge is 0.254 e. The van der Waals surface area contributed by atoms with E-state index in [1.807, 2.05) is 0 Å². The number of nitrogens with one attached hydrogen (secondary N) is 2. The van der Waals surface area contributed by atoms with Crippen LogP contribution < -0.4 is 15.4 Å². The first-order valence-corrected chi connectivity index (χ1v) is 5.40. The van der Waals surface area contributed by atoms with E-state index in [2.05, 4.69) is 10.6 Å². The summed E-state index contributed by atoms with van der Waals surface area (Å²) in [7, 11) is 2.92. The minimum atomic E-state index is -0.660. The summed E-state index contributed by atoms with van der Waals surface area (Å²) in [4.78, 5) is 22.5. The lowest BCUT2D eigenvalue weighted by molar-refractivity contribution is -0.120. The Morgan fingerprint density at radius 3 is 2.67 bits per heavy atom. The van der Waals surface area contributed by atoms with E-state index in [-0.39, 0.29) is 24.4 Å². The van der Waals surface area contributed by atoms with Gasteiger partial charge in [-0.15, -0.1) is 0 Å². The van der Waals surface area contributed by atoms with Gasteiger partial charge in [0.05, 0.1) is 12.7 Å². The molecule has 0 aromatic heterocycles. The van der Waals surface area contributed by atoms with Gasteiger partial charge < -0.3 is 15.4 Å². The number of methoxy groups -OCH3 is 1. The molecule has 0 aliphatic heterocycles. The van der Waals surface area contributed by atoms with E-state index in [4.69, 9.17) is 4.74 Å². The Morgan fingerprint density at radius 2 is 2.11 bits per heavy atom. The van der Waals surface area contributed by atoms with Crippen LogP contribution in [-0.2, 0) is 4.79 Å². The summed E-state index contributed by atoms with van der Waals surface area (Å²) in [5.41, 5.74) is -0.0762. The topological polar surface area (TPSA) is 67.4 Å². The molecule has 0 spiro atoms. The zero-order chi connectivity index (χ0) is 13.5. The number of rotatable bonds is 5. The van der Waals surface area contributed by atoms with Crippen LogP contribution in [0.4, 0.5) is 4.39 Å². The molecule has 2 amide bonds. The number of carbonyl (C=O) groups excluding carboxylic acids is 2. The fourth-order valence-electron chi connectivity index (χ4n) is 1.32. The van der Waals surface area contributed by atoms with Gasteiger partial charge in [0.25, 0.3) is 5.91 Å². The first-order valence-electron chi connectivity index (χ1n) is 5.40. The second-order valence-corrected chi connectivity index (χ2v) is 3.52. The molecule has 0 atom stereocenters. The van der Waals surface area contributed by atoms with Gasteiger partial charge in [0.2, 0.25) is 5.91 Å². The summed E-state index contributed by atoms with van der Waals surface area (Å²) in [6, 6.07) is 3.97. The van der Waals surface area contributed by atoms with E-state index < -0.39 is 11.7 Å². The third-order valence-electron chi connectivity index (χ3n) is 2.34. The highest BCUT2D eigenvalue weighted by Gasteiger charge is 2.12. The SMILES string of the molecule is CNC(=O)CCNC(=O)c1ccc(OC)cc1F. The van der Waals surface area contributed by atoms with E-state index in [0.29, 0.717) is 5.75 Å². The van der Waals surface area contributed by atoms with Crippen molar-refractivity contribution in [3.8, 4) is 5.75 Å². The van der Waals surface area contributed by atoms with Crippen LogP contribution >= 0.6 is 0 Å². The molecule has 98 valence electrons. The number of halogens is 1. The highest BCUT2D eigenvalue weighted by molar-refractivity contribution is 5.94. The van der Waals surface area contributed by atoms with Crippen LogP contribution in [0.25, 0.3) is 0 Å². The molecule has 0 unspecified atom stereocenters. The van der Waals surface area contributed by atoms with E-state index >= 15 is 0 Å². The molecular formula is C12H15FN2O3. The fourth-order valence-corrected chi connectivity index (χ4v) is 1.32. The monoisotopic (exact) mass is 254 g/mol. The van der Waals surface area contributed by atoms with Gasteiger partial charge in [0, 0.05) is 26.1 Å². The fraction of sp³-hybridized carbons (Fsp3) is 0.333. The van der Waals surface area contributed by atoms with Crippen LogP contribution in [-0.4, -0.2) is 32.5 Å². The summed E-state index contributed by atoms with van der Waals surface area (Å²) >= 11 is 0. The summed E-state index contributed by atoms with van der Waals surface area (Å²) in [5.74, 6) is -1.06. The Bertz CT molecular complexity index is 449. The molecule has 0 saturated carbocycles. The van der Waals surface area contributed by atoms with E-state index in [0.717, 1.165) is 6.07 Å². The van der Waals surface area contributed by atoms with Gasteiger partial charge in [-0.1, -0.05) is 0 Å². The summed E-state index contributed by atoms with van der Waals surface area (Å²) < 4.78 is 18.4. The molecule has 0 aliphatic carbocycles. The van der Waals surface area contributed by atoms with Crippen LogP contribution in [0.1, 0.15) is 16.8 Å². The normalized spacial score (nSPS) is 9.72. The highest BCUT2D eigenvalue weighted by Crippen LogP contribution is 2.15. The number of hydrogen-bond acceptors (Lipinski definition) is 3. The van der Waals surface area contributed by atoms with Gasteiger partial charge in [0.1, 0.15) is 11.6 Å². The molecule has 2 N–H and O–H groups in total. The van der Waals surface area contributed by atoms with Gasteiger partial charge in [-0.05, 0) is 12.1 Å². The third kappa shape index (κ3) is 3.73. The van der Waals surface area contributed by atoms with Crippen molar-refractivity contribution in [1.82, 2.24) is 10.6 Å². The molecule has 0 aliphatic rings. The largest absolute Gasteiger partial charge is 0.497 e. The Kier molecular flexibility index (Phi) is 5.10. The number of ether oxygens (including phenoxy) is 1. The zero-order valence-corrected chi connectivity index (χ0v) is 10.2. The van der Waals surface area contributed by atoms with Gasteiger partial charge in [0.15, 0.2) is 0 Å². The summed E-state index contributed by atoms with van der Waals surface area (Å²) in [6.45, 7) is 0.157. The Morgan fingerprint density at radius 1 is 1.39 bits per heavy atom. The molecular weight excluding hydrogens is 239 g/mol. The minimum absolute atomic E-state index is 0.0762. The first kappa shape index (κ1) is 14.0. The van der Waals surface area contributed by atoms with Crippen molar-refractivity contribution in [3.63, 3.8) is 0 Å². The molecule has 1 aromatic carbocycles. The van der Waals surface area contributed by atoms with Gasteiger partial charge in [-0.2, -0.15) is 0 Å². The lowest BCUT2D eigenvalue weighted by atomic mass is 10.2. The minimum Gasteiger partial charge on any atom is -0.497 e. The van der Waals surface area contributed by atoms with Crippen molar-refractivity contribution in [3.05, 3.63) is 29.6 Å². The maximum atomic E-state index is 13.5. The molecule has 0 heterocycles. The van der Waals surface area contributed by atoms with Crippen LogP contribution in [0.3, 0.4) is 0 Å². The van der Waals surface area contributed by atoms with Crippen molar-refractivity contribution in [2.24, 2.45) is 0 Å². The van der Waals surface area contributed by atoms with E-state index in [9.17, 15) is 14.0 Å². The molecule has 1 aromatic rings. The zero-order valence-electron chi connectivity index (χ0n) is 10.2. The molecule has 6 heteroatoms. The lowest BCUT2D eigenvalue weighted by Crippen LogP contribution is -2.29. The second-order valence-electron chi connectivity index (χ2n) is 3.52. The maximum absolute atomic E-state index is 13.5. The molecule has 0 fully saturated rings. The van der Waals surface area contributed by atoms with Crippen LogP contribution in [0, 0.1) is 5.82 Å². The maximum Gasteiger partial charge on any atom is 0.254 e. The summed E-state index contributed by atoms with van der Waals surface area (Å²) in [5, 5.41) is 4.89. The Labute approximate surface area is 104 Å². The molecule has 18 heavy (non-hydrogen) atoms. The molecule has 1 rings (SSSR count).